The molecule has 0 bridgehead atoms. The maximum absolute atomic E-state index is 11.6. The average Bonchev–Trinajstić information content (AvgIpc) is 3.11. The van der Waals surface area contributed by atoms with E-state index < -0.39 is 0 Å². The summed E-state index contributed by atoms with van der Waals surface area (Å²) in [7, 11) is 0. The first-order valence-corrected chi connectivity index (χ1v) is 6.89. The fourth-order valence-corrected chi connectivity index (χ4v) is 2.09. The quantitative estimate of drug-likeness (QED) is 0.721. The van der Waals surface area contributed by atoms with Crippen molar-refractivity contribution in [3.63, 3.8) is 0 Å². The van der Waals surface area contributed by atoms with E-state index in [1.165, 1.54) is 0 Å². The maximum Gasteiger partial charge on any atom is 0.239 e. The van der Waals surface area contributed by atoms with E-state index in [1.54, 1.807) is 0 Å². The second-order valence-electron chi connectivity index (χ2n) is 4.25. The second kappa shape index (κ2) is 5.67. The summed E-state index contributed by atoms with van der Waals surface area (Å²) in [5.74, 6) is -0.00527. The predicted molar refractivity (Wildman–Crippen MR) is 79.7 cm³/mol. The summed E-state index contributed by atoms with van der Waals surface area (Å²) >= 11 is 8.35. The molecule has 6 heteroatoms. The third-order valence-corrected chi connectivity index (χ3v) is 3.34. The zero-order valence-corrected chi connectivity index (χ0v) is 12.1. The molecule has 0 aliphatic heterocycles. The third-order valence-electron chi connectivity index (χ3n) is 2.63. The summed E-state index contributed by atoms with van der Waals surface area (Å²) in [6.45, 7) is 0.230. The van der Waals surface area contributed by atoms with Crippen LogP contribution < -0.4 is 16.4 Å². The lowest BCUT2D eigenvalue weighted by Crippen LogP contribution is -2.31. The van der Waals surface area contributed by atoms with Crippen molar-refractivity contribution in [1.29, 1.82) is 0 Å². The molecule has 0 atom stereocenters. The summed E-state index contributed by atoms with van der Waals surface area (Å²) in [6, 6.07) is 5.94. The van der Waals surface area contributed by atoms with Gasteiger partial charge in [-0.3, -0.25) is 4.79 Å². The van der Waals surface area contributed by atoms with Crippen LogP contribution >= 0.6 is 28.1 Å². The van der Waals surface area contributed by atoms with Gasteiger partial charge < -0.3 is 16.4 Å². The number of halogens is 1. The number of thiocarbonyl (C=S) groups is 1. The van der Waals surface area contributed by atoms with Crippen LogP contribution in [0, 0.1) is 0 Å². The Labute approximate surface area is 119 Å². The molecule has 96 valence electrons. The number of nitrogens with two attached hydrogens (primary N) is 1. The Balaban J connectivity index is 1.99. The Bertz CT molecular complexity index is 488. The molecule has 0 aromatic heterocycles. The maximum atomic E-state index is 11.6. The molecule has 1 aromatic carbocycles. The number of carbonyl (C=O) groups excluding carboxylic acids is 1. The van der Waals surface area contributed by atoms with Gasteiger partial charge in [-0.15, -0.1) is 0 Å². The number of nitrogens with one attached hydrogen (secondary N) is 2. The molecule has 0 unspecified atom stereocenters. The number of amides is 1. The van der Waals surface area contributed by atoms with E-state index in [0.29, 0.717) is 11.0 Å². The molecule has 0 heterocycles. The van der Waals surface area contributed by atoms with E-state index in [0.717, 1.165) is 28.6 Å². The third kappa shape index (κ3) is 3.68. The van der Waals surface area contributed by atoms with E-state index in [9.17, 15) is 4.79 Å². The van der Waals surface area contributed by atoms with Crippen LogP contribution in [0.2, 0.25) is 0 Å². The van der Waals surface area contributed by atoms with Crippen LogP contribution in [-0.4, -0.2) is 23.5 Å². The average molecular weight is 328 g/mol. The van der Waals surface area contributed by atoms with Crippen molar-refractivity contribution in [3.8, 4) is 0 Å². The van der Waals surface area contributed by atoms with Crippen molar-refractivity contribution >= 4 is 44.7 Å². The van der Waals surface area contributed by atoms with Crippen LogP contribution in [0.4, 0.5) is 5.69 Å². The minimum Gasteiger partial charge on any atom is -0.389 e. The van der Waals surface area contributed by atoms with Gasteiger partial charge in [0.2, 0.25) is 5.91 Å². The number of carbonyl (C=O) groups is 1. The van der Waals surface area contributed by atoms with Crippen LogP contribution in [0.25, 0.3) is 0 Å². The van der Waals surface area contributed by atoms with Crippen molar-refractivity contribution in [3.05, 3.63) is 28.2 Å². The summed E-state index contributed by atoms with van der Waals surface area (Å²) in [5, 5.41) is 5.96. The van der Waals surface area contributed by atoms with E-state index in [2.05, 4.69) is 26.6 Å². The van der Waals surface area contributed by atoms with Crippen LogP contribution in [0.3, 0.4) is 0 Å². The highest BCUT2D eigenvalue weighted by atomic mass is 79.9. The van der Waals surface area contributed by atoms with Gasteiger partial charge in [0.15, 0.2) is 0 Å². The molecule has 1 fully saturated rings. The SMILES string of the molecule is NC(=S)c1cc(Br)ccc1NCC(=O)NC1CC1. The smallest absolute Gasteiger partial charge is 0.239 e. The topological polar surface area (TPSA) is 67.1 Å². The van der Waals surface area contributed by atoms with Gasteiger partial charge in [0.1, 0.15) is 4.99 Å². The summed E-state index contributed by atoms with van der Waals surface area (Å²) in [5.41, 5.74) is 7.16. The molecule has 0 saturated heterocycles. The number of anilines is 1. The number of benzene rings is 1. The van der Waals surface area contributed by atoms with Gasteiger partial charge >= 0.3 is 0 Å². The minimum atomic E-state index is -0.00527. The van der Waals surface area contributed by atoms with E-state index in [1.807, 2.05) is 18.2 Å². The molecule has 0 spiro atoms. The molecule has 1 aliphatic rings. The van der Waals surface area contributed by atoms with Crippen LogP contribution in [0.5, 0.6) is 0 Å². The van der Waals surface area contributed by atoms with Crippen LogP contribution in [0.1, 0.15) is 18.4 Å². The fraction of sp³-hybridized carbons (Fsp3) is 0.333. The van der Waals surface area contributed by atoms with Crippen molar-refractivity contribution < 1.29 is 4.79 Å². The molecule has 2 rings (SSSR count). The van der Waals surface area contributed by atoms with Gasteiger partial charge in [0, 0.05) is 21.8 Å². The van der Waals surface area contributed by atoms with Gasteiger partial charge in [-0.2, -0.15) is 0 Å². The van der Waals surface area contributed by atoms with Gasteiger partial charge in [0.25, 0.3) is 0 Å². The molecule has 1 aliphatic carbocycles. The highest BCUT2D eigenvalue weighted by Crippen LogP contribution is 2.21. The van der Waals surface area contributed by atoms with Crippen molar-refractivity contribution in [1.82, 2.24) is 5.32 Å². The zero-order chi connectivity index (χ0) is 13.1. The van der Waals surface area contributed by atoms with Gasteiger partial charge in [-0.1, -0.05) is 28.1 Å². The van der Waals surface area contributed by atoms with Crippen molar-refractivity contribution in [2.24, 2.45) is 5.73 Å². The Kier molecular flexibility index (Phi) is 4.19. The van der Waals surface area contributed by atoms with Crippen LogP contribution in [-0.2, 0) is 4.79 Å². The fourth-order valence-electron chi connectivity index (χ4n) is 1.56. The molecule has 1 aromatic rings. The molecule has 0 radical (unpaired) electrons. The summed E-state index contributed by atoms with van der Waals surface area (Å²) in [4.78, 5) is 11.9. The first-order chi connectivity index (χ1) is 8.56. The second-order valence-corrected chi connectivity index (χ2v) is 5.60. The van der Waals surface area contributed by atoms with Gasteiger partial charge in [-0.05, 0) is 31.0 Å². The Morgan fingerprint density at radius 3 is 2.83 bits per heavy atom. The number of hydrogen-bond acceptors (Lipinski definition) is 3. The zero-order valence-electron chi connectivity index (χ0n) is 9.70. The number of hydrogen-bond donors (Lipinski definition) is 3. The van der Waals surface area contributed by atoms with Crippen molar-refractivity contribution in [2.75, 3.05) is 11.9 Å². The highest BCUT2D eigenvalue weighted by molar-refractivity contribution is 9.10. The van der Waals surface area contributed by atoms with Gasteiger partial charge in [0.05, 0.1) is 6.54 Å². The Morgan fingerprint density at radius 2 is 2.22 bits per heavy atom. The molecular weight excluding hydrogens is 314 g/mol. The summed E-state index contributed by atoms with van der Waals surface area (Å²) in [6.07, 6.45) is 2.17. The van der Waals surface area contributed by atoms with Crippen molar-refractivity contribution in [2.45, 2.75) is 18.9 Å². The molecule has 1 saturated carbocycles. The van der Waals surface area contributed by atoms with E-state index in [-0.39, 0.29) is 12.5 Å². The van der Waals surface area contributed by atoms with E-state index in [4.69, 9.17) is 18.0 Å². The summed E-state index contributed by atoms with van der Waals surface area (Å²) < 4.78 is 0.901. The molecule has 18 heavy (non-hydrogen) atoms. The Hall–Kier alpha value is -1.14. The first kappa shape index (κ1) is 13.3. The Morgan fingerprint density at radius 1 is 1.50 bits per heavy atom. The van der Waals surface area contributed by atoms with Crippen LogP contribution in [0.15, 0.2) is 22.7 Å². The van der Waals surface area contributed by atoms with E-state index >= 15 is 0 Å². The largest absolute Gasteiger partial charge is 0.389 e. The monoisotopic (exact) mass is 327 g/mol. The molecule has 1 amide bonds. The predicted octanol–water partition coefficient (Wildman–Crippen LogP) is 1.77. The molecule has 4 N–H and O–H groups in total. The first-order valence-electron chi connectivity index (χ1n) is 5.69. The van der Waals surface area contributed by atoms with Gasteiger partial charge in [-0.25, -0.2) is 0 Å². The number of rotatable bonds is 5. The standard InChI is InChI=1S/C12H14BrN3OS/c13-7-1-4-10(9(5-7)12(14)18)15-6-11(17)16-8-2-3-8/h1,4-5,8,15H,2-3,6H2,(H2,14,18)(H,16,17). The lowest BCUT2D eigenvalue weighted by Gasteiger charge is -2.11. The lowest BCUT2D eigenvalue weighted by atomic mass is 10.2. The minimum absolute atomic E-state index is 0.00527. The molecular formula is C12H14BrN3OS. The highest BCUT2D eigenvalue weighted by Gasteiger charge is 2.22. The normalized spacial score (nSPS) is 14.1. The lowest BCUT2D eigenvalue weighted by molar-refractivity contribution is -0.119. The molecule has 4 nitrogen and oxygen atoms in total.